The summed E-state index contributed by atoms with van der Waals surface area (Å²) in [4.78, 5) is 52.1. The highest BCUT2D eigenvalue weighted by atomic mass is 35.5. The van der Waals surface area contributed by atoms with Crippen molar-refractivity contribution in [3.8, 4) is 0 Å². The van der Waals surface area contributed by atoms with Crippen LogP contribution in [0.5, 0.6) is 0 Å². The van der Waals surface area contributed by atoms with Crippen molar-refractivity contribution in [2.24, 2.45) is 0 Å². The first kappa shape index (κ1) is 26.4. The van der Waals surface area contributed by atoms with Gasteiger partial charge in [0.25, 0.3) is 15.9 Å². The summed E-state index contributed by atoms with van der Waals surface area (Å²) < 4.78 is 28.6. The van der Waals surface area contributed by atoms with Crippen molar-refractivity contribution in [3.63, 3.8) is 0 Å². The average Bonchev–Trinajstić information content (AvgIpc) is 3.61. The van der Waals surface area contributed by atoms with E-state index in [0.717, 1.165) is 35.0 Å². The number of piperazine rings is 1. The number of carbonyl (C=O) groups excluding carboxylic acids is 3. The number of hydrogen-bond acceptors (Lipinski definition) is 8. The molecule has 14 heteroatoms. The van der Waals surface area contributed by atoms with Gasteiger partial charge in [-0.1, -0.05) is 11.6 Å². The molecule has 1 N–H and O–H groups in total. The largest absolute Gasteiger partial charge is 0.345 e. The molecule has 2 aromatic heterocycles. The van der Waals surface area contributed by atoms with Gasteiger partial charge < -0.3 is 14.8 Å². The van der Waals surface area contributed by atoms with Crippen LogP contribution in [0.4, 0.5) is 0 Å². The molecule has 3 amide bonds. The fraction of sp³-hybridized carbons (Fsp3) is 0.440. The van der Waals surface area contributed by atoms with Gasteiger partial charge in [0.15, 0.2) is 5.01 Å². The second kappa shape index (κ2) is 9.97. The number of thiazole rings is 1. The lowest BCUT2D eigenvalue weighted by Crippen LogP contribution is -2.60. The van der Waals surface area contributed by atoms with Crippen LogP contribution in [-0.4, -0.2) is 101 Å². The van der Waals surface area contributed by atoms with E-state index in [1.165, 1.54) is 21.7 Å². The predicted molar refractivity (Wildman–Crippen MR) is 145 cm³/mol. The van der Waals surface area contributed by atoms with Gasteiger partial charge in [0.05, 0.1) is 18.3 Å². The first-order valence-corrected chi connectivity index (χ1v) is 15.3. The van der Waals surface area contributed by atoms with Gasteiger partial charge in [-0.2, -0.15) is 4.31 Å². The smallest absolute Gasteiger partial charge is 0.283 e. The van der Waals surface area contributed by atoms with Gasteiger partial charge in [0.2, 0.25) is 11.8 Å². The maximum Gasteiger partial charge on any atom is 0.283 e. The fourth-order valence-corrected chi connectivity index (χ4v) is 8.21. The molecule has 2 fully saturated rings. The third-order valence-electron chi connectivity index (χ3n) is 7.54. The van der Waals surface area contributed by atoms with Crippen molar-refractivity contribution >= 4 is 61.6 Å². The van der Waals surface area contributed by atoms with E-state index in [9.17, 15) is 22.8 Å². The Morgan fingerprint density at radius 1 is 1.13 bits per heavy atom. The molecular formula is C25H27ClN6O5S2. The summed E-state index contributed by atoms with van der Waals surface area (Å²) in [5.41, 5.74) is 1.55. The van der Waals surface area contributed by atoms with Crippen molar-refractivity contribution in [2.45, 2.75) is 36.9 Å². The summed E-state index contributed by atoms with van der Waals surface area (Å²) in [6.07, 6.45) is 0.995. The number of hydrogen-bond donors (Lipinski definition) is 1. The molecule has 2 saturated heterocycles. The summed E-state index contributed by atoms with van der Waals surface area (Å²) in [6.45, 7) is 1.64. The zero-order chi connectivity index (χ0) is 27.5. The number of aromatic nitrogens is 2. The first-order chi connectivity index (χ1) is 18.6. The minimum atomic E-state index is -3.96. The van der Waals surface area contributed by atoms with E-state index in [4.69, 9.17) is 11.6 Å². The molecule has 3 aliphatic heterocycles. The molecule has 206 valence electrons. The lowest BCUT2D eigenvalue weighted by molar-refractivity contribution is -0.139. The van der Waals surface area contributed by atoms with Gasteiger partial charge in [-0.3, -0.25) is 19.3 Å². The molecule has 0 spiro atoms. The molecule has 11 nitrogen and oxygen atoms in total. The van der Waals surface area contributed by atoms with Gasteiger partial charge >= 0.3 is 0 Å². The van der Waals surface area contributed by atoms with Crippen LogP contribution in [0.1, 0.15) is 33.2 Å². The maximum atomic E-state index is 13.7. The highest BCUT2D eigenvalue weighted by molar-refractivity contribution is 7.89. The Kier molecular flexibility index (Phi) is 6.74. The van der Waals surface area contributed by atoms with E-state index in [-0.39, 0.29) is 61.8 Å². The highest BCUT2D eigenvalue weighted by Crippen LogP contribution is 2.29. The van der Waals surface area contributed by atoms with E-state index < -0.39 is 16.1 Å². The van der Waals surface area contributed by atoms with Gasteiger partial charge in [-0.15, -0.1) is 11.3 Å². The van der Waals surface area contributed by atoms with Gasteiger partial charge in [-0.05, 0) is 31.3 Å². The monoisotopic (exact) mass is 590 g/mol. The summed E-state index contributed by atoms with van der Waals surface area (Å²) in [5.74, 6) is -0.932. The summed E-state index contributed by atoms with van der Waals surface area (Å²) >= 11 is 7.43. The van der Waals surface area contributed by atoms with E-state index in [0.29, 0.717) is 20.9 Å². The normalized spacial score (nSPS) is 21.2. The lowest BCUT2D eigenvalue weighted by atomic mass is 10.1. The minimum absolute atomic E-state index is 0.0170. The molecule has 5 heterocycles. The summed E-state index contributed by atoms with van der Waals surface area (Å²) in [7, 11) is -1.94. The number of amides is 3. The van der Waals surface area contributed by atoms with Crippen molar-refractivity contribution in [1.29, 1.82) is 0 Å². The van der Waals surface area contributed by atoms with Crippen LogP contribution < -0.4 is 0 Å². The van der Waals surface area contributed by atoms with Crippen LogP contribution in [0.15, 0.2) is 29.3 Å². The van der Waals surface area contributed by atoms with Crippen LogP contribution >= 0.6 is 22.9 Å². The molecule has 1 unspecified atom stereocenters. The molecule has 6 rings (SSSR count). The molecule has 1 atom stereocenters. The van der Waals surface area contributed by atoms with E-state index >= 15 is 0 Å². The number of halogens is 1. The molecule has 3 aromatic rings. The SMILES string of the molecule is CN1CCc2nc(C(=O)N3CCN(S(=O)(=O)c4cc5cc(Cl)ccc5[nH]4)CC3CN3C(=O)CCC3=O)sc2C1. The van der Waals surface area contributed by atoms with E-state index in [2.05, 4.69) is 14.9 Å². The van der Waals surface area contributed by atoms with Crippen LogP contribution in [-0.2, 0) is 32.6 Å². The number of imide groups is 1. The van der Waals surface area contributed by atoms with E-state index in [1.54, 1.807) is 23.1 Å². The Bertz CT molecular complexity index is 1590. The number of aromatic amines is 1. The third kappa shape index (κ3) is 4.86. The first-order valence-electron chi connectivity index (χ1n) is 12.7. The average molecular weight is 591 g/mol. The number of likely N-dealkylation sites (N-methyl/N-ethyl adjacent to an activating group) is 1. The number of nitrogens with zero attached hydrogens (tertiary/aromatic N) is 5. The zero-order valence-electron chi connectivity index (χ0n) is 21.2. The maximum absolute atomic E-state index is 13.7. The number of carbonyl (C=O) groups is 3. The predicted octanol–water partition coefficient (Wildman–Crippen LogP) is 1.93. The van der Waals surface area contributed by atoms with Crippen molar-refractivity contribution in [1.82, 2.24) is 29.0 Å². The summed E-state index contributed by atoms with van der Waals surface area (Å²) in [5, 5.41) is 1.53. The van der Waals surface area contributed by atoms with Gasteiger partial charge in [-0.25, -0.2) is 13.4 Å². The standard InChI is InChI=1S/C25H27ClN6O5S2/c1-29-7-6-19-20(14-29)38-24(28-19)25(35)31-9-8-30(12-17(31)13-32-22(33)4-5-23(32)34)39(36,37)21-11-15-10-16(26)2-3-18(15)27-21/h2-3,10-11,17,27H,4-9,12-14H2,1H3. The van der Waals surface area contributed by atoms with Gasteiger partial charge in [0.1, 0.15) is 5.03 Å². The molecular weight excluding hydrogens is 564 g/mol. The van der Waals surface area contributed by atoms with Gasteiger partial charge in [0, 0.05) is 72.8 Å². The molecule has 0 saturated carbocycles. The number of rotatable bonds is 5. The Balaban J connectivity index is 1.29. The molecule has 1 aromatic carbocycles. The fourth-order valence-electron chi connectivity index (χ4n) is 5.40. The molecule has 0 bridgehead atoms. The second-order valence-corrected chi connectivity index (χ2v) is 13.6. The van der Waals surface area contributed by atoms with E-state index in [1.807, 2.05) is 7.05 Å². The van der Waals surface area contributed by atoms with Crippen LogP contribution in [0, 0.1) is 0 Å². The molecule has 39 heavy (non-hydrogen) atoms. The number of nitrogens with one attached hydrogen (secondary N) is 1. The summed E-state index contributed by atoms with van der Waals surface area (Å²) in [6, 6.07) is 5.90. The highest BCUT2D eigenvalue weighted by Gasteiger charge is 2.41. The number of fused-ring (bicyclic) bond motifs is 2. The van der Waals surface area contributed by atoms with Crippen LogP contribution in [0.3, 0.4) is 0 Å². The Labute approximate surface area is 234 Å². The van der Waals surface area contributed by atoms with Crippen molar-refractivity contribution in [3.05, 3.63) is 44.9 Å². The Morgan fingerprint density at radius 2 is 1.90 bits per heavy atom. The van der Waals surface area contributed by atoms with Crippen LogP contribution in [0.25, 0.3) is 10.9 Å². The number of likely N-dealkylation sites (tertiary alicyclic amines) is 1. The topological polar surface area (TPSA) is 127 Å². The molecule has 0 radical (unpaired) electrons. The van der Waals surface area contributed by atoms with Crippen molar-refractivity contribution in [2.75, 3.05) is 39.8 Å². The molecule has 0 aliphatic carbocycles. The Hall–Kier alpha value is -2.84. The quantitative estimate of drug-likeness (QED) is 0.450. The molecule has 3 aliphatic rings. The minimum Gasteiger partial charge on any atom is -0.345 e. The Morgan fingerprint density at radius 3 is 2.67 bits per heavy atom. The number of benzene rings is 1. The zero-order valence-corrected chi connectivity index (χ0v) is 23.6. The van der Waals surface area contributed by atoms with Crippen LogP contribution in [0.2, 0.25) is 5.02 Å². The number of sulfonamides is 1. The second-order valence-electron chi connectivity index (χ2n) is 10.2. The van der Waals surface area contributed by atoms with Crippen molar-refractivity contribution < 1.29 is 22.8 Å². The lowest BCUT2D eigenvalue weighted by Gasteiger charge is -2.41. The number of H-pyrrole nitrogens is 1. The third-order valence-corrected chi connectivity index (χ3v) is 10.6.